The molecule has 2 fully saturated rings. The number of nitrogens with zero attached hydrogens (tertiary/aromatic N) is 2. The molecule has 2 N–H and O–H groups in total. The van der Waals surface area contributed by atoms with Crippen molar-refractivity contribution >= 4 is 34.9 Å². The number of benzene rings is 1. The van der Waals surface area contributed by atoms with E-state index in [0.717, 1.165) is 30.5 Å². The Balaban J connectivity index is 1.25. The summed E-state index contributed by atoms with van der Waals surface area (Å²) in [6, 6.07) is 9.52. The van der Waals surface area contributed by atoms with Crippen molar-refractivity contribution in [3.05, 3.63) is 51.7 Å². The quantitative estimate of drug-likeness (QED) is 0.740. The van der Waals surface area contributed by atoms with Crippen molar-refractivity contribution < 1.29 is 14.4 Å². The summed E-state index contributed by atoms with van der Waals surface area (Å²) in [5.74, 6) is -0.243. The molecule has 2 aliphatic heterocycles. The van der Waals surface area contributed by atoms with Crippen molar-refractivity contribution in [3.8, 4) is 0 Å². The van der Waals surface area contributed by atoms with Gasteiger partial charge in [0.15, 0.2) is 0 Å². The number of anilines is 1. The predicted octanol–water partition coefficient (Wildman–Crippen LogP) is 3.64. The largest absolute Gasteiger partial charge is 0.342 e. The zero-order valence-electron chi connectivity index (χ0n) is 18.6. The van der Waals surface area contributed by atoms with E-state index in [4.69, 9.17) is 0 Å². The lowest BCUT2D eigenvalue weighted by Crippen LogP contribution is -2.46. The van der Waals surface area contributed by atoms with Crippen molar-refractivity contribution in [1.29, 1.82) is 0 Å². The Morgan fingerprint density at radius 3 is 2.41 bits per heavy atom. The minimum atomic E-state index is -0.203. The second-order valence-corrected chi connectivity index (χ2v) is 9.91. The molecular formula is C24H30N4O3S. The Morgan fingerprint density at radius 1 is 1.03 bits per heavy atom. The number of aryl methyl sites for hydroxylation is 2. The molecule has 0 bridgehead atoms. The number of urea groups is 1. The van der Waals surface area contributed by atoms with Crippen molar-refractivity contribution in [2.24, 2.45) is 5.41 Å². The highest BCUT2D eigenvalue weighted by atomic mass is 32.1. The maximum atomic E-state index is 12.7. The maximum absolute atomic E-state index is 12.7. The molecule has 0 unspecified atom stereocenters. The number of piperidine rings is 1. The molecule has 1 spiro atoms. The lowest BCUT2D eigenvalue weighted by molar-refractivity contribution is -0.129. The van der Waals surface area contributed by atoms with E-state index in [1.807, 2.05) is 47.2 Å². The minimum Gasteiger partial charge on any atom is -0.342 e. The first-order valence-electron chi connectivity index (χ1n) is 11.1. The Hall–Kier alpha value is -2.87. The van der Waals surface area contributed by atoms with Crippen LogP contribution in [-0.4, -0.2) is 60.4 Å². The molecule has 0 radical (unpaired) electrons. The third kappa shape index (κ3) is 4.96. The predicted molar refractivity (Wildman–Crippen MR) is 126 cm³/mol. The van der Waals surface area contributed by atoms with Crippen LogP contribution in [0.1, 0.15) is 40.1 Å². The summed E-state index contributed by atoms with van der Waals surface area (Å²) in [4.78, 5) is 41.8. The normalized spacial score (nSPS) is 17.4. The average molecular weight is 455 g/mol. The van der Waals surface area contributed by atoms with Gasteiger partial charge in [-0.3, -0.25) is 9.59 Å². The van der Waals surface area contributed by atoms with Crippen LogP contribution in [0.25, 0.3) is 0 Å². The zero-order valence-corrected chi connectivity index (χ0v) is 19.5. The summed E-state index contributed by atoms with van der Waals surface area (Å²) < 4.78 is 0. The highest BCUT2D eigenvalue weighted by molar-refractivity contribution is 7.12. The molecule has 0 atom stereocenters. The molecule has 170 valence electrons. The lowest BCUT2D eigenvalue weighted by atomic mass is 9.78. The Bertz CT molecular complexity index is 997. The smallest absolute Gasteiger partial charge is 0.321 e. The van der Waals surface area contributed by atoms with Gasteiger partial charge >= 0.3 is 6.03 Å². The minimum absolute atomic E-state index is 0.0250. The third-order valence-electron chi connectivity index (χ3n) is 6.67. The molecule has 0 saturated carbocycles. The molecular weight excluding hydrogens is 424 g/mol. The molecule has 2 aromatic rings. The molecule has 1 aromatic carbocycles. The SMILES string of the molecule is Cc1ccc(NC(=O)N2CCC3(CCN(C(=O)CNC(=O)c4cccs4)C3)CC2)c(C)c1. The number of carbonyl (C=O) groups excluding carboxylic acids is 3. The van der Waals surface area contributed by atoms with E-state index in [9.17, 15) is 14.4 Å². The van der Waals surface area contributed by atoms with Crippen LogP contribution in [0.2, 0.25) is 0 Å². The van der Waals surface area contributed by atoms with Crippen molar-refractivity contribution in [3.63, 3.8) is 0 Å². The molecule has 3 heterocycles. The fourth-order valence-electron chi connectivity index (χ4n) is 4.65. The second kappa shape index (κ2) is 9.32. The van der Waals surface area contributed by atoms with Gasteiger partial charge in [0.2, 0.25) is 5.91 Å². The van der Waals surface area contributed by atoms with Crippen LogP contribution in [0.3, 0.4) is 0 Å². The van der Waals surface area contributed by atoms with E-state index in [0.29, 0.717) is 31.1 Å². The van der Waals surface area contributed by atoms with E-state index >= 15 is 0 Å². The zero-order chi connectivity index (χ0) is 22.7. The van der Waals surface area contributed by atoms with Gasteiger partial charge in [-0.25, -0.2) is 4.79 Å². The van der Waals surface area contributed by atoms with E-state index in [1.54, 1.807) is 6.07 Å². The number of hydrogen-bond acceptors (Lipinski definition) is 4. The van der Waals surface area contributed by atoms with Gasteiger partial charge in [-0.05, 0) is 61.6 Å². The lowest BCUT2D eigenvalue weighted by Gasteiger charge is -2.39. The highest BCUT2D eigenvalue weighted by Gasteiger charge is 2.42. The van der Waals surface area contributed by atoms with Crippen LogP contribution >= 0.6 is 11.3 Å². The third-order valence-corrected chi connectivity index (χ3v) is 7.54. The molecule has 2 saturated heterocycles. The number of nitrogens with one attached hydrogen (secondary N) is 2. The fraction of sp³-hybridized carbons (Fsp3) is 0.458. The fourth-order valence-corrected chi connectivity index (χ4v) is 5.29. The number of rotatable bonds is 4. The van der Waals surface area contributed by atoms with E-state index in [2.05, 4.69) is 16.7 Å². The van der Waals surface area contributed by atoms with Gasteiger partial charge in [0.05, 0.1) is 11.4 Å². The summed E-state index contributed by atoms with van der Waals surface area (Å²) in [5.41, 5.74) is 3.15. The molecule has 7 nitrogen and oxygen atoms in total. The van der Waals surface area contributed by atoms with E-state index in [1.165, 1.54) is 16.9 Å². The summed E-state index contributed by atoms with van der Waals surface area (Å²) in [6.45, 7) is 6.85. The van der Waals surface area contributed by atoms with E-state index < -0.39 is 0 Å². The van der Waals surface area contributed by atoms with Crippen LogP contribution in [0, 0.1) is 19.3 Å². The highest BCUT2D eigenvalue weighted by Crippen LogP contribution is 2.40. The van der Waals surface area contributed by atoms with Gasteiger partial charge in [-0.15, -0.1) is 11.3 Å². The Kier molecular flexibility index (Phi) is 6.50. The van der Waals surface area contributed by atoms with Gasteiger partial charge in [-0.1, -0.05) is 23.8 Å². The molecule has 8 heteroatoms. The Labute approximate surface area is 192 Å². The first-order chi connectivity index (χ1) is 15.3. The van der Waals surface area contributed by atoms with Crippen LogP contribution in [0.5, 0.6) is 0 Å². The molecule has 1 aromatic heterocycles. The maximum Gasteiger partial charge on any atom is 0.321 e. The number of thiophene rings is 1. The van der Waals surface area contributed by atoms with Crippen LogP contribution in [-0.2, 0) is 4.79 Å². The van der Waals surface area contributed by atoms with Crippen LogP contribution < -0.4 is 10.6 Å². The monoisotopic (exact) mass is 454 g/mol. The summed E-state index contributed by atoms with van der Waals surface area (Å²) in [5, 5.41) is 7.60. The van der Waals surface area contributed by atoms with Gasteiger partial charge in [0.1, 0.15) is 0 Å². The van der Waals surface area contributed by atoms with Crippen molar-refractivity contribution in [2.45, 2.75) is 33.1 Å². The number of hydrogen-bond donors (Lipinski definition) is 2. The van der Waals surface area contributed by atoms with Crippen molar-refractivity contribution in [2.75, 3.05) is 38.0 Å². The van der Waals surface area contributed by atoms with Crippen LogP contribution in [0.15, 0.2) is 35.7 Å². The van der Waals surface area contributed by atoms with Gasteiger partial charge in [-0.2, -0.15) is 0 Å². The number of carbonyl (C=O) groups is 3. The Morgan fingerprint density at radius 2 is 1.75 bits per heavy atom. The van der Waals surface area contributed by atoms with Gasteiger partial charge in [0, 0.05) is 31.9 Å². The molecule has 32 heavy (non-hydrogen) atoms. The molecule has 4 amide bonds. The molecule has 4 rings (SSSR count). The van der Waals surface area contributed by atoms with Crippen LogP contribution in [0.4, 0.5) is 10.5 Å². The van der Waals surface area contributed by atoms with Crippen molar-refractivity contribution in [1.82, 2.24) is 15.1 Å². The average Bonchev–Trinajstić information content (AvgIpc) is 3.45. The second-order valence-electron chi connectivity index (χ2n) is 8.96. The standard InChI is InChI=1S/C24H30N4O3S/c1-17-5-6-19(18(2)14-17)26-23(31)27-10-7-24(8-11-27)9-12-28(16-24)21(29)15-25-22(30)20-4-3-13-32-20/h3-6,13-14H,7-12,15-16H2,1-2H3,(H,25,30)(H,26,31). The topological polar surface area (TPSA) is 81.8 Å². The van der Waals surface area contributed by atoms with E-state index in [-0.39, 0.29) is 29.8 Å². The summed E-state index contributed by atoms with van der Waals surface area (Å²) >= 11 is 1.36. The first-order valence-corrected chi connectivity index (χ1v) is 12.0. The summed E-state index contributed by atoms with van der Waals surface area (Å²) in [6.07, 6.45) is 2.72. The summed E-state index contributed by atoms with van der Waals surface area (Å²) in [7, 11) is 0. The number of amides is 4. The van der Waals surface area contributed by atoms with Gasteiger partial charge < -0.3 is 20.4 Å². The number of likely N-dealkylation sites (tertiary alicyclic amines) is 2. The molecule has 0 aliphatic carbocycles. The molecule has 2 aliphatic rings. The van der Waals surface area contributed by atoms with Gasteiger partial charge in [0.25, 0.3) is 5.91 Å². The first kappa shape index (κ1) is 22.3.